The summed E-state index contributed by atoms with van der Waals surface area (Å²) in [4.78, 5) is 12.6. The number of nitrogens with zero attached hydrogens (tertiary/aromatic N) is 1. The molecule has 0 bridgehead atoms. The molecule has 0 atom stereocenters. The van der Waals surface area contributed by atoms with Crippen LogP contribution in [0.15, 0.2) is 48.5 Å². The van der Waals surface area contributed by atoms with Crippen molar-refractivity contribution in [2.24, 2.45) is 0 Å². The molecule has 3 N–H and O–H groups in total. The molecule has 0 aliphatic rings. The molecule has 0 spiro atoms. The van der Waals surface area contributed by atoms with Gasteiger partial charge in [0.05, 0.1) is 5.69 Å². The largest absolute Gasteiger partial charge is 0.396 e. The van der Waals surface area contributed by atoms with Crippen LogP contribution in [0.2, 0.25) is 5.02 Å². The number of aliphatic hydroxyl groups is 1. The van der Waals surface area contributed by atoms with E-state index in [1.807, 2.05) is 55.5 Å². The van der Waals surface area contributed by atoms with Gasteiger partial charge in [-0.15, -0.1) is 0 Å². The highest BCUT2D eigenvalue weighted by Crippen LogP contribution is 2.22. The number of amides is 1. The molecule has 0 fully saturated rings. The number of hydrogen-bond acceptors (Lipinski definition) is 3. The van der Waals surface area contributed by atoms with Crippen LogP contribution in [-0.4, -0.2) is 34.4 Å². The minimum absolute atomic E-state index is 0.0641. The van der Waals surface area contributed by atoms with Crippen LogP contribution in [0.3, 0.4) is 0 Å². The molecule has 0 saturated carbocycles. The Bertz CT molecular complexity index is 937. The van der Waals surface area contributed by atoms with Crippen LogP contribution in [0.25, 0.3) is 11.3 Å². The molecule has 6 heteroatoms. The minimum Gasteiger partial charge on any atom is -0.396 e. The van der Waals surface area contributed by atoms with Gasteiger partial charge in [-0.05, 0) is 42.7 Å². The van der Waals surface area contributed by atoms with Crippen molar-refractivity contribution in [1.29, 1.82) is 0 Å². The highest BCUT2D eigenvalue weighted by molar-refractivity contribution is 6.31. The van der Waals surface area contributed by atoms with Crippen molar-refractivity contribution in [3.05, 3.63) is 75.9 Å². The average molecular weight is 384 g/mol. The topological polar surface area (TPSA) is 78.0 Å². The molecule has 1 aromatic heterocycles. The maximum absolute atomic E-state index is 12.6. The lowest BCUT2D eigenvalue weighted by atomic mass is 10.0. The second kappa shape index (κ2) is 8.84. The number of carbonyl (C=O) groups is 1. The lowest BCUT2D eigenvalue weighted by Crippen LogP contribution is -2.26. The van der Waals surface area contributed by atoms with Gasteiger partial charge in [0.15, 0.2) is 0 Å². The summed E-state index contributed by atoms with van der Waals surface area (Å²) >= 11 is 6.16. The smallest absolute Gasteiger partial charge is 0.251 e. The molecule has 0 aliphatic carbocycles. The molecule has 0 aliphatic heterocycles. The molecule has 5 nitrogen and oxygen atoms in total. The Morgan fingerprint density at radius 3 is 2.78 bits per heavy atom. The summed E-state index contributed by atoms with van der Waals surface area (Å²) in [5.41, 5.74) is 5.01. The van der Waals surface area contributed by atoms with Crippen molar-refractivity contribution in [3.8, 4) is 11.3 Å². The van der Waals surface area contributed by atoms with Crippen LogP contribution in [0.4, 0.5) is 0 Å². The lowest BCUT2D eigenvalue weighted by Gasteiger charge is -2.10. The molecule has 27 heavy (non-hydrogen) atoms. The summed E-state index contributed by atoms with van der Waals surface area (Å²) in [6.45, 7) is 2.48. The van der Waals surface area contributed by atoms with Gasteiger partial charge in [-0.1, -0.05) is 41.9 Å². The Kier molecular flexibility index (Phi) is 6.27. The van der Waals surface area contributed by atoms with Gasteiger partial charge < -0.3 is 10.4 Å². The van der Waals surface area contributed by atoms with E-state index in [0.717, 1.165) is 28.1 Å². The molecule has 0 unspecified atom stereocenters. The van der Waals surface area contributed by atoms with Gasteiger partial charge in [0, 0.05) is 41.4 Å². The maximum Gasteiger partial charge on any atom is 0.251 e. The predicted molar refractivity (Wildman–Crippen MR) is 107 cm³/mol. The van der Waals surface area contributed by atoms with Crippen molar-refractivity contribution in [3.63, 3.8) is 0 Å². The van der Waals surface area contributed by atoms with Crippen molar-refractivity contribution < 1.29 is 9.90 Å². The van der Waals surface area contributed by atoms with E-state index in [4.69, 9.17) is 16.7 Å². The van der Waals surface area contributed by atoms with E-state index in [1.54, 1.807) is 0 Å². The van der Waals surface area contributed by atoms with E-state index >= 15 is 0 Å². The Balaban J connectivity index is 1.69. The standard InChI is InChI=1S/C21H22ClN3O2/c1-14-6-7-16(20-13-17(9-11-26)24-25-20)12-18(14)21(27)23-10-8-15-4-2-3-5-19(15)22/h2-7,12-13,26H,8-11H2,1H3,(H,23,27)(H,24,25). The normalized spacial score (nSPS) is 10.8. The number of halogens is 1. The quantitative estimate of drug-likeness (QED) is 0.584. The van der Waals surface area contributed by atoms with E-state index in [-0.39, 0.29) is 12.5 Å². The molecule has 1 heterocycles. The van der Waals surface area contributed by atoms with Gasteiger partial charge >= 0.3 is 0 Å². The van der Waals surface area contributed by atoms with E-state index < -0.39 is 0 Å². The average Bonchev–Trinajstić information content (AvgIpc) is 3.12. The van der Waals surface area contributed by atoms with Gasteiger partial charge in [-0.25, -0.2) is 0 Å². The van der Waals surface area contributed by atoms with E-state index in [0.29, 0.717) is 30.0 Å². The van der Waals surface area contributed by atoms with Crippen molar-refractivity contribution >= 4 is 17.5 Å². The zero-order chi connectivity index (χ0) is 19.2. The first-order valence-electron chi connectivity index (χ1n) is 8.86. The number of aliphatic hydroxyl groups excluding tert-OH is 1. The fourth-order valence-corrected chi connectivity index (χ4v) is 3.12. The summed E-state index contributed by atoms with van der Waals surface area (Å²) in [5.74, 6) is -0.118. The number of aromatic nitrogens is 2. The van der Waals surface area contributed by atoms with E-state index in [9.17, 15) is 4.79 Å². The lowest BCUT2D eigenvalue weighted by molar-refractivity contribution is 0.0953. The zero-order valence-corrected chi connectivity index (χ0v) is 15.9. The number of aryl methyl sites for hydroxylation is 1. The molecule has 0 radical (unpaired) electrons. The molecule has 2 aromatic carbocycles. The minimum atomic E-state index is -0.118. The number of carbonyl (C=O) groups excluding carboxylic acids is 1. The number of nitrogens with one attached hydrogen (secondary N) is 2. The number of H-pyrrole nitrogens is 1. The Morgan fingerprint density at radius 2 is 2.00 bits per heavy atom. The second-order valence-corrected chi connectivity index (χ2v) is 6.79. The summed E-state index contributed by atoms with van der Waals surface area (Å²) in [6.07, 6.45) is 1.20. The van der Waals surface area contributed by atoms with Crippen LogP contribution >= 0.6 is 11.6 Å². The second-order valence-electron chi connectivity index (χ2n) is 6.38. The Morgan fingerprint density at radius 1 is 1.19 bits per heavy atom. The predicted octanol–water partition coefficient (Wildman–Crippen LogP) is 3.55. The van der Waals surface area contributed by atoms with Crippen LogP contribution in [0, 0.1) is 6.92 Å². The van der Waals surface area contributed by atoms with Crippen LogP contribution in [0.1, 0.15) is 27.2 Å². The highest BCUT2D eigenvalue weighted by atomic mass is 35.5. The van der Waals surface area contributed by atoms with Crippen LogP contribution in [0.5, 0.6) is 0 Å². The number of benzene rings is 2. The van der Waals surface area contributed by atoms with Gasteiger partial charge in [0.2, 0.25) is 0 Å². The zero-order valence-electron chi connectivity index (χ0n) is 15.1. The van der Waals surface area contributed by atoms with Crippen molar-refractivity contribution in [2.45, 2.75) is 19.8 Å². The Hall–Kier alpha value is -2.63. The van der Waals surface area contributed by atoms with Crippen molar-refractivity contribution in [1.82, 2.24) is 15.5 Å². The van der Waals surface area contributed by atoms with Gasteiger partial charge in [0.1, 0.15) is 0 Å². The van der Waals surface area contributed by atoms with Crippen LogP contribution in [-0.2, 0) is 12.8 Å². The summed E-state index contributed by atoms with van der Waals surface area (Å²) in [7, 11) is 0. The molecule has 1 amide bonds. The summed E-state index contributed by atoms with van der Waals surface area (Å²) in [6, 6.07) is 15.2. The Labute approximate surface area is 163 Å². The fourth-order valence-electron chi connectivity index (χ4n) is 2.89. The fraction of sp³-hybridized carbons (Fsp3) is 0.238. The monoisotopic (exact) mass is 383 g/mol. The first-order chi connectivity index (χ1) is 13.1. The third-order valence-electron chi connectivity index (χ3n) is 4.43. The van der Waals surface area contributed by atoms with Crippen molar-refractivity contribution in [2.75, 3.05) is 13.2 Å². The summed E-state index contributed by atoms with van der Waals surface area (Å²) in [5, 5.41) is 19.9. The van der Waals surface area contributed by atoms with Gasteiger partial charge in [0.25, 0.3) is 5.91 Å². The molecule has 0 saturated heterocycles. The molecule has 140 valence electrons. The van der Waals surface area contributed by atoms with Gasteiger partial charge in [-0.2, -0.15) is 5.10 Å². The summed E-state index contributed by atoms with van der Waals surface area (Å²) < 4.78 is 0. The van der Waals surface area contributed by atoms with E-state index in [1.165, 1.54) is 0 Å². The number of hydrogen-bond donors (Lipinski definition) is 3. The van der Waals surface area contributed by atoms with Crippen LogP contribution < -0.4 is 5.32 Å². The third kappa shape index (κ3) is 4.76. The first kappa shape index (κ1) is 19.1. The van der Waals surface area contributed by atoms with E-state index in [2.05, 4.69) is 15.5 Å². The molecular formula is C21H22ClN3O2. The molecular weight excluding hydrogens is 362 g/mol. The first-order valence-corrected chi connectivity index (χ1v) is 9.24. The van der Waals surface area contributed by atoms with Gasteiger partial charge in [-0.3, -0.25) is 9.89 Å². The molecule has 3 aromatic rings. The number of aromatic amines is 1. The number of rotatable bonds is 7. The molecule has 3 rings (SSSR count). The maximum atomic E-state index is 12.6. The SMILES string of the molecule is Cc1ccc(-c2cc(CCO)[nH]n2)cc1C(=O)NCCc1ccccc1Cl. The third-order valence-corrected chi connectivity index (χ3v) is 4.80. The highest BCUT2D eigenvalue weighted by Gasteiger charge is 2.12.